The van der Waals surface area contributed by atoms with Crippen LogP contribution < -0.4 is 4.74 Å². The van der Waals surface area contributed by atoms with Crippen LogP contribution in [0.4, 0.5) is 4.39 Å². The number of nitrogens with zero attached hydrogens (tertiary/aromatic N) is 2. The number of piperidine rings is 2. The summed E-state index contributed by atoms with van der Waals surface area (Å²) in [5.41, 5.74) is 0.147. The molecule has 2 saturated heterocycles. The maximum atomic E-state index is 14.4. The molecule has 2 aromatic rings. The van der Waals surface area contributed by atoms with E-state index in [9.17, 15) is 17.6 Å². The minimum absolute atomic E-state index is 0.0192. The van der Waals surface area contributed by atoms with Crippen LogP contribution >= 0.6 is 11.6 Å². The molecule has 0 saturated carbocycles. The number of benzene rings is 2. The minimum Gasteiger partial charge on any atom is -0.493 e. The highest BCUT2D eigenvalue weighted by Crippen LogP contribution is 2.38. The summed E-state index contributed by atoms with van der Waals surface area (Å²) in [5.74, 6) is -0.141. The van der Waals surface area contributed by atoms with Crippen LogP contribution in [-0.2, 0) is 14.8 Å². The second-order valence-corrected chi connectivity index (χ2v) is 12.0. The fraction of sp³-hybridized carbons (Fsp3) is 0.500. The molecular weight excluding hydrogens is 491 g/mol. The normalized spacial score (nSPS) is 21.6. The van der Waals surface area contributed by atoms with Gasteiger partial charge >= 0.3 is 0 Å². The lowest BCUT2D eigenvalue weighted by Gasteiger charge is -2.42. The Hall–Kier alpha value is -2.16. The van der Waals surface area contributed by atoms with E-state index in [4.69, 9.17) is 16.3 Å². The number of sulfonamides is 1. The number of ether oxygens (including phenoxy) is 1. The van der Waals surface area contributed by atoms with E-state index in [1.54, 1.807) is 12.1 Å². The van der Waals surface area contributed by atoms with Crippen molar-refractivity contribution in [1.82, 2.24) is 9.21 Å². The Morgan fingerprint density at radius 3 is 2.54 bits per heavy atom. The second kappa shape index (κ2) is 10.8. The molecular formula is C26H32ClFN2O4S. The fourth-order valence-corrected chi connectivity index (χ4v) is 6.77. The fourth-order valence-electron chi connectivity index (χ4n) is 4.99. The van der Waals surface area contributed by atoms with E-state index >= 15 is 0 Å². The van der Waals surface area contributed by atoms with Gasteiger partial charge in [-0.3, -0.25) is 4.79 Å². The van der Waals surface area contributed by atoms with Crippen molar-refractivity contribution in [2.75, 3.05) is 32.8 Å². The van der Waals surface area contributed by atoms with E-state index in [2.05, 4.69) is 0 Å². The molecule has 0 unspecified atom stereocenters. The summed E-state index contributed by atoms with van der Waals surface area (Å²) in [6.07, 6.45) is 4.46. The van der Waals surface area contributed by atoms with Gasteiger partial charge in [-0.05, 0) is 74.9 Å². The highest BCUT2D eigenvalue weighted by molar-refractivity contribution is 7.89. The standard InChI is InChI=1S/C26H32ClFN2O4S/c1-20-16-21(10-11-22(20)27)34-19-26(17-25(31)29-13-5-2-6-14-29)12-7-15-30(18-26)35(32,33)24-9-4-3-8-23(24)28/h3-4,8-11,16H,2,5-7,12-15,17-19H2,1H3/t26-/m0/s1. The van der Waals surface area contributed by atoms with E-state index in [0.29, 0.717) is 23.6 Å². The van der Waals surface area contributed by atoms with Gasteiger partial charge in [-0.25, -0.2) is 12.8 Å². The molecule has 0 spiro atoms. The van der Waals surface area contributed by atoms with Gasteiger partial charge in [-0.15, -0.1) is 0 Å². The molecule has 0 radical (unpaired) electrons. The SMILES string of the molecule is Cc1cc(OC[C@]2(CC(=O)N3CCCCC3)CCCN(S(=O)(=O)c3ccccc3F)C2)ccc1Cl. The molecule has 2 aliphatic heterocycles. The third kappa shape index (κ3) is 5.98. The van der Waals surface area contributed by atoms with Crippen LogP contribution in [0.5, 0.6) is 5.75 Å². The lowest BCUT2D eigenvalue weighted by atomic mass is 9.78. The summed E-state index contributed by atoms with van der Waals surface area (Å²) in [6.45, 7) is 3.88. The van der Waals surface area contributed by atoms with E-state index in [1.165, 1.54) is 22.5 Å². The van der Waals surface area contributed by atoms with E-state index in [0.717, 1.165) is 44.0 Å². The van der Waals surface area contributed by atoms with Crippen molar-refractivity contribution in [2.45, 2.75) is 50.3 Å². The van der Waals surface area contributed by atoms with E-state index < -0.39 is 21.3 Å². The summed E-state index contributed by atoms with van der Waals surface area (Å²) >= 11 is 6.14. The zero-order valence-electron chi connectivity index (χ0n) is 20.0. The van der Waals surface area contributed by atoms with Gasteiger partial charge < -0.3 is 9.64 Å². The Balaban J connectivity index is 1.60. The zero-order chi connectivity index (χ0) is 25.1. The van der Waals surface area contributed by atoms with Crippen molar-refractivity contribution in [3.05, 3.63) is 58.9 Å². The first kappa shape index (κ1) is 25.9. The molecule has 6 nitrogen and oxygen atoms in total. The smallest absolute Gasteiger partial charge is 0.246 e. The number of carbonyl (C=O) groups is 1. The Kier molecular flexibility index (Phi) is 8.03. The van der Waals surface area contributed by atoms with Crippen molar-refractivity contribution < 1.29 is 22.3 Å². The number of hydrogen-bond acceptors (Lipinski definition) is 4. The Bertz CT molecular complexity index is 1170. The Morgan fingerprint density at radius 1 is 1.09 bits per heavy atom. The van der Waals surface area contributed by atoms with Crippen molar-refractivity contribution in [3.8, 4) is 5.75 Å². The van der Waals surface area contributed by atoms with Gasteiger partial charge in [0.1, 0.15) is 16.5 Å². The quantitative estimate of drug-likeness (QED) is 0.511. The molecule has 0 aromatic heterocycles. The summed E-state index contributed by atoms with van der Waals surface area (Å²) in [6, 6.07) is 10.8. The molecule has 0 aliphatic carbocycles. The first-order valence-electron chi connectivity index (χ1n) is 12.1. The average Bonchev–Trinajstić information content (AvgIpc) is 2.85. The number of likely N-dealkylation sites (tertiary alicyclic amines) is 1. The highest BCUT2D eigenvalue weighted by atomic mass is 35.5. The third-order valence-electron chi connectivity index (χ3n) is 6.99. The second-order valence-electron chi connectivity index (χ2n) is 9.69. The summed E-state index contributed by atoms with van der Waals surface area (Å²) in [4.78, 5) is 14.8. The van der Waals surface area contributed by atoms with Gasteiger partial charge in [0.05, 0.1) is 6.61 Å². The lowest BCUT2D eigenvalue weighted by Crippen LogP contribution is -2.51. The first-order chi connectivity index (χ1) is 16.7. The molecule has 9 heteroatoms. The molecule has 190 valence electrons. The minimum atomic E-state index is -4.06. The molecule has 2 fully saturated rings. The first-order valence-corrected chi connectivity index (χ1v) is 13.9. The molecule has 1 amide bonds. The maximum Gasteiger partial charge on any atom is 0.246 e. The lowest BCUT2D eigenvalue weighted by molar-refractivity contribution is -0.136. The van der Waals surface area contributed by atoms with E-state index in [-0.39, 0.29) is 36.9 Å². The topological polar surface area (TPSA) is 66.9 Å². The summed E-state index contributed by atoms with van der Waals surface area (Å²) < 4.78 is 48.6. The van der Waals surface area contributed by atoms with Gasteiger partial charge in [0, 0.05) is 43.0 Å². The number of hydrogen-bond donors (Lipinski definition) is 0. The van der Waals surface area contributed by atoms with Crippen LogP contribution in [0, 0.1) is 18.2 Å². The number of halogens is 2. The monoisotopic (exact) mass is 522 g/mol. The molecule has 2 aliphatic rings. The molecule has 2 aromatic carbocycles. The predicted molar refractivity (Wildman–Crippen MR) is 134 cm³/mol. The van der Waals surface area contributed by atoms with Crippen LogP contribution in [0.25, 0.3) is 0 Å². The van der Waals surface area contributed by atoms with E-state index in [1.807, 2.05) is 17.9 Å². The number of carbonyl (C=O) groups excluding carboxylic acids is 1. The molecule has 0 N–H and O–H groups in total. The van der Waals surface area contributed by atoms with Crippen molar-refractivity contribution in [2.24, 2.45) is 5.41 Å². The molecule has 2 heterocycles. The Labute approximate surface area is 212 Å². The number of rotatable bonds is 7. The predicted octanol–water partition coefficient (Wildman–Crippen LogP) is 5.04. The largest absolute Gasteiger partial charge is 0.493 e. The summed E-state index contributed by atoms with van der Waals surface area (Å²) in [7, 11) is -4.06. The third-order valence-corrected chi connectivity index (χ3v) is 9.29. The van der Waals surface area contributed by atoms with Gasteiger partial charge in [0.15, 0.2) is 0 Å². The van der Waals surface area contributed by atoms with Gasteiger partial charge in [-0.2, -0.15) is 4.31 Å². The van der Waals surface area contributed by atoms with Crippen LogP contribution in [-0.4, -0.2) is 56.3 Å². The van der Waals surface area contributed by atoms with Gasteiger partial charge in [0.2, 0.25) is 15.9 Å². The van der Waals surface area contributed by atoms with Crippen molar-refractivity contribution in [1.29, 1.82) is 0 Å². The van der Waals surface area contributed by atoms with Crippen LogP contribution in [0.2, 0.25) is 5.02 Å². The Morgan fingerprint density at radius 2 is 1.83 bits per heavy atom. The highest BCUT2D eigenvalue weighted by Gasteiger charge is 2.43. The van der Waals surface area contributed by atoms with Crippen molar-refractivity contribution >= 4 is 27.5 Å². The van der Waals surface area contributed by atoms with Gasteiger partial charge in [-0.1, -0.05) is 23.7 Å². The average molecular weight is 523 g/mol. The number of aryl methyl sites for hydroxylation is 1. The molecule has 0 bridgehead atoms. The zero-order valence-corrected chi connectivity index (χ0v) is 21.6. The summed E-state index contributed by atoms with van der Waals surface area (Å²) in [5, 5.41) is 0.632. The molecule has 1 atom stereocenters. The number of amides is 1. The van der Waals surface area contributed by atoms with Crippen LogP contribution in [0.1, 0.15) is 44.1 Å². The van der Waals surface area contributed by atoms with Gasteiger partial charge in [0.25, 0.3) is 0 Å². The van der Waals surface area contributed by atoms with Crippen molar-refractivity contribution in [3.63, 3.8) is 0 Å². The van der Waals surface area contributed by atoms with Crippen LogP contribution in [0.15, 0.2) is 47.4 Å². The molecule has 4 rings (SSSR count). The maximum absolute atomic E-state index is 14.4. The molecule has 35 heavy (non-hydrogen) atoms. The van der Waals surface area contributed by atoms with Crippen LogP contribution in [0.3, 0.4) is 0 Å².